The first kappa shape index (κ1) is 19.4. The molecule has 0 saturated carbocycles. The number of benzene rings is 1. The topological polar surface area (TPSA) is 87.2 Å². The van der Waals surface area contributed by atoms with E-state index in [1.165, 1.54) is 27.8 Å². The van der Waals surface area contributed by atoms with Crippen molar-refractivity contribution in [2.24, 2.45) is 0 Å². The van der Waals surface area contributed by atoms with E-state index in [2.05, 4.69) is 10.3 Å². The number of H-pyrrole nitrogens is 1. The van der Waals surface area contributed by atoms with Crippen LogP contribution in [0.2, 0.25) is 0 Å². The zero-order valence-corrected chi connectivity index (χ0v) is 16.2. The number of hydrogen-bond donors (Lipinski definition) is 2. The van der Waals surface area contributed by atoms with Crippen molar-refractivity contribution in [1.82, 2.24) is 19.8 Å². The first-order chi connectivity index (χ1) is 13.4. The number of pyridine rings is 1. The normalized spacial score (nSPS) is 12.0. The summed E-state index contributed by atoms with van der Waals surface area (Å²) >= 11 is 0. The molecule has 2 aromatic heterocycles. The van der Waals surface area contributed by atoms with Gasteiger partial charge in [-0.1, -0.05) is 18.2 Å². The van der Waals surface area contributed by atoms with Gasteiger partial charge >= 0.3 is 0 Å². The molecule has 146 valence electrons. The molecule has 2 N–H and O–H groups in total. The molecule has 3 aromatic rings. The van der Waals surface area contributed by atoms with E-state index in [0.29, 0.717) is 18.5 Å². The number of para-hydroxylation sites is 1. The lowest BCUT2D eigenvalue weighted by Crippen LogP contribution is -2.38. The van der Waals surface area contributed by atoms with E-state index in [-0.39, 0.29) is 17.4 Å². The molecule has 2 heterocycles. The van der Waals surface area contributed by atoms with Gasteiger partial charge in [-0.3, -0.25) is 14.4 Å². The number of carbonyl (C=O) groups is 2. The third-order valence-electron chi connectivity index (χ3n) is 4.67. The van der Waals surface area contributed by atoms with Crippen molar-refractivity contribution >= 4 is 22.7 Å². The van der Waals surface area contributed by atoms with Crippen LogP contribution in [0.4, 0.5) is 0 Å². The zero-order valence-electron chi connectivity index (χ0n) is 16.2. The van der Waals surface area contributed by atoms with Crippen molar-refractivity contribution in [3.63, 3.8) is 0 Å². The minimum Gasteiger partial charge on any atom is -0.361 e. The molecule has 0 fully saturated rings. The smallest absolute Gasteiger partial charge is 0.254 e. The van der Waals surface area contributed by atoms with Crippen LogP contribution in [0.15, 0.2) is 53.6 Å². The maximum absolute atomic E-state index is 12.8. The molecular weight excluding hydrogens is 356 g/mol. The van der Waals surface area contributed by atoms with Gasteiger partial charge in [0, 0.05) is 56.4 Å². The average Bonchev–Trinajstić information content (AvgIpc) is 3.09. The van der Waals surface area contributed by atoms with Gasteiger partial charge in [-0.2, -0.15) is 0 Å². The van der Waals surface area contributed by atoms with Crippen LogP contribution in [0.3, 0.4) is 0 Å². The number of rotatable bonds is 6. The molecule has 0 aliphatic carbocycles. The molecule has 7 nitrogen and oxygen atoms in total. The fraction of sp³-hybridized carbons (Fsp3) is 0.286. The maximum atomic E-state index is 12.8. The summed E-state index contributed by atoms with van der Waals surface area (Å²) in [5.74, 6) is -0.486. The van der Waals surface area contributed by atoms with Gasteiger partial charge in [-0.05, 0) is 24.6 Å². The predicted octanol–water partition coefficient (Wildman–Crippen LogP) is 1.95. The Morgan fingerprint density at radius 2 is 1.93 bits per heavy atom. The van der Waals surface area contributed by atoms with E-state index in [0.717, 1.165) is 16.5 Å². The first-order valence-electron chi connectivity index (χ1n) is 9.19. The highest BCUT2D eigenvalue weighted by Gasteiger charge is 2.24. The number of aromatic nitrogens is 2. The molecule has 0 spiro atoms. The van der Waals surface area contributed by atoms with Crippen LogP contribution >= 0.6 is 0 Å². The quantitative estimate of drug-likeness (QED) is 0.685. The molecule has 28 heavy (non-hydrogen) atoms. The van der Waals surface area contributed by atoms with Crippen LogP contribution in [0.5, 0.6) is 0 Å². The zero-order chi connectivity index (χ0) is 20.3. The second kappa shape index (κ2) is 8.12. The molecule has 0 radical (unpaired) electrons. The van der Waals surface area contributed by atoms with Gasteiger partial charge in [-0.15, -0.1) is 0 Å². The summed E-state index contributed by atoms with van der Waals surface area (Å²) in [6.45, 7) is 2.28. The molecule has 3 rings (SSSR count). The van der Waals surface area contributed by atoms with Gasteiger partial charge < -0.3 is 19.8 Å². The molecule has 1 unspecified atom stereocenters. The average molecular weight is 380 g/mol. The third-order valence-corrected chi connectivity index (χ3v) is 4.67. The second-order valence-electron chi connectivity index (χ2n) is 6.84. The number of aromatic amines is 1. The molecule has 0 aliphatic rings. The SMILES string of the molecule is CCNC(=O)C(Cc1c[nH]c2ccccc12)n1cc(C(=O)N(C)C)ccc1=O. The van der Waals surface area contributed by atoms with E-state index in [4.69, 9.17) is 0 Å². The summed E-state index contributed by atoms with van der Waals surface area (Å²) in [5, 5.41) is 3.80. The summed E-state index contributed by atoms with van der Waals surface area (Å²) in [5.41, 5.74) is 1.93. The summed E-state index contributed by atoms with van der Waals surface area (Å²) in [7, 11) is 3.29. The molecule has 0 aliphatic heterocycles. The van der Waals surface area contributed by atoms with Crippen molar-refractivity contribution in [1.29, 1.82) is 0 Å². The van der Waals surface area contributed by atoms with Crippen molar-refractivity contribution in [2.75, 3.05) is 20.6 Å². The van der Waals surface area contributed by atoms with Crippen molar-refractivity contribution in [3.05, 3.63) is 70.3 Å². The monoisotopic (exact) mass is 380 g/mol. The lowest BCUT2D eigenvalue weighted by atomic mass is 10.0. The molecule has 2 amide bonds. The van der Waals surface area contributed by atoms with Crippen molar-refractivity contribution < 1.29 is 9.59 Å². The summed E-state index contributed by atoms with van der Waals surface area (Å²) < 4.78 is 1.35. The van der Waals surface area contributed by atoms with Crippen LogP contribution in [0, 0.1) is 0 Å². The predicted molar refractivity (Wildman–Crippen MR) is 108 cm³/mol. The van der Waals surface area contributed by atoms with E-state index >= 15 is 0 Å². The molecule has 0 bridgehead atoms. The highest BCUT2D eigenvalue weighted by molar-refractivity contribution is 5.93. The highest BCUT2D eigenvalue weighted by Crippen LogP contribution is 2.23. The standard InChI is InChI=1S/C21H24N4O3/c1-4-22-20(27)18(11-15-12-23-17-8-6-5-7-16(15)17)25-13-14(9-10-19(25)26)21(28)24(2)3/h5-10,12-13,18,23H,4,11H2,1-3H3,(H,22,27). The maximum Gasteiger partial charge on any atom is 0.254 e. The first-order valence-corrected chi connectivity index (χ1v) is 9.19. The van der Waals surface area contributed by atoms with Gasteiger partial charge in [0.2, 0.25) is 5.91 Å². The fourth-order valence-corrected chi connectivity index (χ4v) is 3.25. The van der Waals surface area contributed by atoms with Crippen LogP contribution in [0.1, 0.15) is 28.9 Å². The largest absolute Gasteiger partial charge is 0.361 e. The Morgan fingerprint density at radius 1 is 1.18 bits per heavy atom. The summed E-state index contributed by atoms with van der Waals surface area (Å²) in [6, 6.07) is 9.86. The number of hydrogen-bond acceptors (Lipinski definition) is 3. The summed E-state index contributed by atoms with van der Waals surface area (Å²) in [6.07, 6.45) is 3.66. The van der Waals surface area contributed by atoms with E-state index < -0.39 is 6.04 Å². The van der Waals surface area contributed by atoms with E-state index in [9.17, 15) is 14.4 Å². The highest BCUT2D eigenvalue weighted by atomic mass is 16.2. The van der Waals surface area contributed by atoms with Crippen LogP contribution < -0.4 is 10.9 Å². The second-order valence-corrected chi connectivity index (χ2v) is 6.84. The van der Waals surface area contributed by atoms with Gasteiger partial charge in [0.15, 0.2) is 0 Å². The van der Waals surface area contributed by atoms with Gasteiger partial charge in [0.1, 0.15) is 6.04 Å². The number of likely N-dealkylation sites (N-methyl/N-ethyl adjacent to an activating group) is 1. The Hall–Kier alpha value is -3.35. The number of nitrogens with zero attached hydrogens (tertiary/aromatic N) is 2. The molecule has 0 saturated heterocycles. The molecular formula is C21H24N4O3. The minimum atomic E-state index is -0.762. The minimum absolute atomic E-state index is 0.226. The van der Waals surface area contributed by atoms with Crippen molar-refractivity contribution in [3.8, 4) is 0 Å². The van der Waals surface area contributed by atoms with Crippen LogP contribution in [-0.2, 0) is 11.2 Å². The third kappa shape index (κ3) is 3.83. The Morgan fingerprint density at radius 3 is 2.64 bits per heavy atom. The van der Waals surface area contributed by atoms with Gasteiger partial charge in [0.05, 0.1) is 5.56 Å². The Bertz CT molecular complexity index is 1060. The summed E-state index contributed by atoms with van der Waals surface area (Å²) in [4.78, 5) is 42.3. The number of fused-ring (bicyclic) bond motifs is 1. The van der Waals surface area contributed by atoms with Crippen molar-refractivity contribution in [2.45, 2.75) is 19.4 Å². The number of carbonyl (C=O) groups excluding carboxylic acids is 2. The Labute approximate surface area is 163 Å². The van der Waals surface area contributed by atoms with Crippen LogP contribution in [0.25, 0.3) is 10.9 Å². The van der Waals surface area contributed by atoms with E-state index in [1.54, 1.807) is 14.1 Å². The lowest BCUT2D eigenvalue weighted by molar-refractivity contribution is -0.124. The Balaban J connectivity index is 2.05. The molecule has 1 aromatic carbocycles. The molecule has 1 atom stereocenters. The number of nitrogens with one attached hydrogen (secondary N) is 2. The van der Waals surface area contributed by atoms with Crippen LogP contribution in [-0.4, -0.2) is 46.9 Å². The molecule has 7 heteroatoms. The fourth-order valence-electron chi connectivity index (χ4n) is 3.25. The van der Waals surface area contributed by atoms with E-state index in [1.807, 2.05) is 37.4 Å². The Kier molecular flexibility index (Phi) is 5.63. The van der Waals surface area contributed by atoms with Gasteiger partial charge in [0.25, 0.3) is 11.5 Å². The van der Waals surface area contributed by atoms with Gasteiger partial charge in [-0.25, -0.2) is 0 Å². The number of amides is 2. The lowest BCUT2D eigenvalue weighted by Gasteiger charge is -2.20.